The van der Waals surface area contributed by atoms with Crippen LogP contribution >= 0.6 is 24.8 Å². The molecule has 33 heavy (non-hydrogen) atoms. The van der Waals surface area contributed by atoms with Crippen LogP contribution in [0.3, 0.4) is 0 Å². The Morgan fingerprint density at radius 1 is 0.758 bits per heavy atom. The number of amides is 1. The highest BCUT2D eigenvalue weighted by Crippen LogP contribution is 2.33. The molecule has 2 aromatic carbocycles. The van der Waals surface area contributed by atoms with Gasteiger partial charge in [0.15, 0.2) is 0 Å². The summed E-state index contributed by atoms with van der Waals surface area (Å²) in [5.41, 5.74) is 1.68. The molecule has 2 saturated heterocycles. The van der Waals surface area contributed by atoms with Crippen molar-refractivity contribution < 1.29 is 13.2 Å². The molecule has 2 fully saturated rings. The first-order valence-corrected chi connectivity index (χ1v) is 12.6. The fraction of sp³-hybridized carbons (Fsp3) is 0.458. The SMILES string of the molecule is Cl.Cl.O=C1c2ccccc2S(=O)(=O)N1CCCCN1CC2CN(Cc3ccccc3)CC2C1. The van der Waals surface area contributed by atoms with Crippen LogP contribution in [0.25, 0.3) is 0 Å². The van der Waals surface area contributed by atoms with Crippen molar-refractivity contribution in [2.45, 2.75) is 24.3 Å². The zero-order chi connectivity index (χ0) is 21.4. The van der Waals surface area contributed by atoms with E-state index < -0.39 is 10.0 Å². The van der Waals surface area contributed by atoms with Crippen LogP contribution < -0.4 is 0 Å². The molecule has 6 nitrogen and oxygen atoms in total. The van der Waals surface area contributed by atoms with E-state index in [-0.39, 0.29) is 42.2 Å². The molecule has 0 radical (unpaired) electrons. The number of hydrogen-bond donors (Lipinski definition) is 0. The lowest BCUT2D eigenvalue weighted by Gasteiger charge is -2.22. The average Bonchev–Trinajstić information content (AvgIpc) is 3.37. The Bertz CT molecular complexity index is 1050. The van der Waals surface area contributed by atoms with Crippen LogP contribution in [0, 0.1) is 11.8 Å². The molecule has 5 rings (SSSR count). The van der Waals surface area contributed by atoms with Gasteiger partial charge in [0.25, 0.3) is 15.9 Å². The summed E-state index contributed by atoms with van der Waals surface area (Å²) >= 11 is 0. The van der Waals surface area contributed by atoms with Gasteiger partial charge in [-0.25, -0.2) is 12.7 Å². The Morgan fingerprint density at radius 2 is 1.33 bits per heavy atom. The molecular formula is C24H31Cl2N3O3S. The summed E-state index contributed by atoms with van der Waals surface area (Å²) in [6.45, 7) is 6.85. The summed E-state index contributed by atoms with van der Waals surface area (Å²) < 4.78 is 26.3. The van der Waals surface area contributed by atoms with Crippen molar-refractivity contribution in [2.75, 3.05) is 39.3 Å². The third-order valence-electron chi connectivity index (χ3n) is 6.88. The Labute approximate surface area is 208 Å². The van der Waals surface area contributed by atoms with Crippen LogP contribution in [0.5, 0.6) is 0 Å². The monoisotopic (exact) mass is 511 g/mol. The highest BCUT2D eigenvalue weighted by Gasteiger charge is 2.41. The molecule has 2 unspecified atom stereocenters. The van der Waals surface area contributed by atoms with Gasteiger partial charge < -0.3 is 4.90 Å². The first-order valence-electron chi connectivity index (χ1n) is 11.2. The molecule has 0 N–H and O–H groups in total. The molecule has 0 aliphatic carbocycles. The molecule has 2 aromatic rings. The number of rotatable bonds is 7. The van der Waals surface area contributed by atoms with Crippen molar-refractivity contribution in [3.05, 3.63) is 65.7 Å². The van der Waals surface area contributed by atoms with Crippen molar-refractivity contribution in [1.29, 1.82) is 0 Å². The van der Waals surface area contributed by atoms with Crippen LogP contribution in [0.15, 0.2) is 59.5 Å². The zero-order valence-electron chi connectivity index (χ0n) is 18.5. The van der Waals surface area contributed by atoms with Crippen molar-refractivity contribution in [3.8, 4) is 0 Å². The Balaban J connectivity index is 0.00000153. The van der Waals surface area contributed by atoms with Gasteiger partial charge >= 0.3 is 0 Å². The van der Waals surface area contributed by atoms with Gasteiger partial charge in [0.05, 0.1) is 5.56 Å². The summed E-state index contributed by atoms with van der Waals surface area (Å²) in [7, 11) is -3.67. The highest BCUT2D eigenvalue weighted by molar-refractivity contribution is 7.90. The second-order valence-electron chi connectivity index (χ2n) is 9.05. The van der Waals surface area contributed by atoms with Crippen LogP contribution in [0.4, 0.5) is 0 Å². The minimum atomic E-state index is -3.67. The maximum absolute atomic E-state index is 12.6. The van der Waals surface area contributed by atoms with Gasteiger partial charge in [0.2, 0.25) is 0 Å². The van der Waals surface area contributed by atoms with Gasteiger partial charge in [-0.15, -0.1) is 24.8 Å². The molecule has 0 saturated carbocycles. The van der Waals surface area contributed by atoms with Crippen LogP contribution in [0.2, 0.25) is 0 Å². The summed E-state index contributed by atoms with van der Waals surface area (Å²) in [5.74, 6) is 1.09. The number of carbonyl (C=O) groups excluding carboxylic acids is 1. The van der Waals surface area contributed by atoms with Crippen molar-refractivity contribution in [3.63, 3.8) is 0 Å². The fourth-order valence-electron chi connectivity index (χ4n) is 5.38. The lowest BCUT2D eigenvalue weighted by Crippen LogP contribution is -2.32. The molecule has 1 amide bonds. The van der Waals surface area contributed by atoms with Gasteiger partial charge in [0, 0.05) is 39.3 Å². The standard InChI is InChI=1S/C24H29N3O3S.2ClH/c28-24-22-10-4-5-11-23(22)31(29,30)27(24)13-7-6-12-25-15-20-17-26(18-21(20)16-25)14-19-8-2-1-3-9-19;;/h1-5,8-11,20-21H,6-7,12-18H2;2*1H. The first kappa shape index (κ1) is 26.0. The van der Waals surface area contributed by atoms with Crippen LogP contribution in [-0.2, 0) is 16.6 Å². The lowest BCUT2D eigenvalue weighted by atomic mass is 10.0. The Kier molecular flexibility index (Phi) is 8.45. The predicted molar refractivity (Wildman–Crippen MR) is 134 cm³/mol. The van der Waals surface area contributed by atoms with E-state index in [1.807, 2.05) is 0 Å². The second-order valence-corrected chi connectivity index (χ2v) is 10.9. The van der Waals surface area contributed by atoms with E-state index in [9.17, 15) is 13.2 Å². The van der Waals surface area contributed by atoms with Gasteiger partial charge in [-0.2, -0.15) is 0 Å². The van der Waals surface area contributed by atoms with Crippen LogP contribution in [-0.4, -0.2) is 67.7 Å². The number of hydrogen-bond acceptors (Lipinski definition) is 5. The predicted octanol–water partition coefficient (Wildman–Crippen LogP) is 3.52. The molecular weight excluding hydrogens is 481 g/mol. The normalized spacial score (nSPS) is 23.6. The zero-order valence-corrected chi connectivity index (χ0v) is 21.0. The largest absolute Gasteiger partial charge is 0.303 e. The van der Waals surface area contributed by atoms with Gasteiger partial charge in [-0.3, -0.25) is 9.69 Å². The second kappa shape index (κ2) is 10.7. The molecule has 0 aromatic heterocycles. The molecule has 180 valence electrons. The third-order valence-corrected chi connectivity index (χ3v) is 8.72. The summed E-state index contributed by atoms with van der Waals surface area (Å²) in [5, 5.41) is 0. The lowest BCUT2D eigenvalue weighted by molar-refractivity contribution is 0.0869. The number of benzene rings is 2. The average molecular weight is 513 g/mol. The summed E-state index contributed by atoms with van der Waals surface area (Å²) in [6.07, 6.45) is 1.60. The van der Waals surface area contributed by atoms with Crippen molar-refractivity contribution in [1.82, 2.24) is 14.1 Å². The molecule has 9 heteroatoms. The highest BCUT2D eigenvalue weighted by atomic mass is 35.5. The van der Waals surface area contributed by atoms with E-state index in [4.69, 9.17) is 0 Å². The van der Waals surface area contributed by atoms with E-state index in [1.54, 1.807) is 18.2 Å². The molecule has 3 aliphatic rings. The van der Waals surface area contributed by atoms with Crippen LogP contribution in [0.1, 0.15) is 28.8 Å². The van der Waals surface area contributed by atoms with Gasteiger partial charge in [-0.05, 0) is 48.9 Å². The van der Waals surface area contributed by atoms with E-state index in [0.29, 0.717) is 12.0 Å². The number of carbonyl (C=O) groups is 1. The van der Waals surface area contributed by atoms with Crippen molar-refractivity contribution >= 4 is 40.7 Å². The molecule has 0 spiro atoms. The van der Waals surface area contributed by atoms with E-state index >= 15 is 0 Å². The molecule has 0 bridgehead atoms. The van der Waals surface area contributed by atoms with E-state index in [1.165, 1.54) is 11.6 Å². The maximum Gasteiger partial charge on any atom is 0.269 e. The first-order chi connectivity index (χ1) is 15.0. The Hall–Kier alpha value is -1.64. The topological polar surface area (TPSA) is 60.9 Å². The van der Waals surface area contributed by atoms with E-state index in [0.717, 1.165) is 61.8 Å². The number of sulfonamides is 1. The molecule has 3 heterocycles. The number of fused-ring (bicyclic) bond motifs is 2. The van der Waals surface area contributed by atoms with E-state index in [2.05, 4.69) is 40.1 Å². The maximum atomic E-state index is 12.6. The number of likely N-dealkylation sites (tertiary alicyclic amines) is 2. The quantitative estimate of drug-likeness (QED) is 0.532. The summed E-state index contributed by atoms with van der Waals surface area (Å²) in [6, 6.07) is 17.2. The summed E-state index contributed by atoms with van der Waals surface area (Å²) in [4.78, 5) is 17.7. The minimum Gasteiger partial charge on any atom is -0.303 e. The number of nitrogens with zero attached hydrogens (tertiary/aromatic N) is 3. The molecule has 2 atom stereocenters. The van der Waals surface area contributed by atoms with Gasteiger partial charge in [-0.1, -0.05) is 42.5 Å². The minimum absolute atomic E-state index is 0. The molecule has 3 aliphatic heterocycles. The third kappa shape index (κ3) is 5.23. The fourth-order valence-corrected chi connectivity index (χ4v) is 6.99. The number of unbranched alkanes of at least 4 members (excludes halogenated alkanes) is 1. The number of halogens is 2. The van der Waals surface area contributed by atoms with Crippen molar-refractivity contribution in [2.24, 2.45) is 11.8 Å². The Morgan fingerprint density at radius 3 is 2.00 bits per heavy atom. The van der Waals surface area contributed by atoms with Gasteiger partial charge in [0.1, 0.15) is 4.90 Å². The smallest absolute Gasteiger partial charge is 0.269 e.